The van der Waals surface area contributed by atoms with Crippen molar-refractivity contribution < 1.29 is 9.59 Å². The highest BCUT2D eigenvalue weighted by atomic mass is 35.5. The highest BCUT2D eigenvalue weighted by Crippen LogP contribution is 2.30. The van der Waals surface area contributed by atoms with Crippen molar-refractivity contribution in [1.29, 1.82) is 0 Å². The molecule has 3 amide bonds. The Morgan fingerprint density at radius 1 is 1.23 bits per heavy atom. The number of urea groups is 1. The smallest absolute Gasteiger partial charge is 0.315 e. The predicted octanol–water partition coefficient (Wildman–Crippen LogP) is 1.16. The molecule has 2 fully saturated rings. The van der Waals surface area contributed by atoms with E-state index in [4.69, 9.17) is 0 Å². The molecule has 1 aliphatic carbocycles. The normalized spacial score (nSPS) is 22.7. The lowest BCUT2D eigenvalue weighted by Crippen LogP contribution is -2.59. The summed E-state index contributed by atoms with van der Waals surface area (Å²) in [5.41, 5.74) is -0.701. The second-order valence-corrected chi connectivity index (χ2v) is 6.18. The molecule has 2 aliphatic rings. The first-order valence-corrected chi connectivity index (χ1v) is 8.21. The molecule has 0 radical (unpaired) electrons. The SMILES string of the molecule is CCNC(=O)NC1(C(=O)NCCC2CCNC2)CCCC1.Cl. The molecule has 22 heavy (non-hydrogen) atoms. The molecule has 0 aromatic carbocycles. The first-order chi connectivity index (χ1) is 10.2. The third kappa shape index (κ3) is 5.02. The Morgan fingerprint density at radius 3 is 2.55 bits per heavy atom. The minimum Gasteiger partial charge on any atom is -0.354 e. The lowest BCUT2D eigenvalue weighted by atomic mass is 9.96. The van der Waals surface area contributed by atoms with Crippen LogP contribution < -0.4 is 21.3 Å². The van der Waals surface area contributed by atoms with Gasteiger partial charge >= 0.3 is 6.03 Å². The number of rotatable bonds is 6. The number of carbonyl (C=O) groups is 2. The van der Waals surface area contributed by atoms with Crippen molar-refractivity contribution in [1.82, 2.24) is 21.3 Å². The van der Waals surface area contributed by atoms with Crippen LogP contribution in [0.4, 0.5) is 4.79 Å². The van der Waals surface area contributed by atoms with E-state index in [0.29, 0.717) is 19.0 Å². The molecule has 1 saturated heterocycles. The van der Waals surface area contributed by atoms with Crippen molar-refractivity contribution in [3.63, 3.8) is 0 Å². The van der Waals surface area contributed by atoms with E-state index >= 15 is 0 Å². The van der Waals surface area contributed by atoms with E-state index in [1.54, 1.807) is 0 Å². The van der Waals surface area contributed by atoms with Crippen LogP contribution in [-0.4, -0.2) is 43.7 Å². The molecule has 0 bridgehead atoms. The second-order valence-electron chi connectivity index (χ2n) is 6.18. The van der Waals surface area contributed by atoms with E-state index in [1.807, 2.05) is 6.92 Å². The van der Waals surface area contributed by atoms with Gasteiger partial charge in [-0.3, -0.25) is 4.79 Å². The maximum atomic E-state index is 12.5. The van der Waals surface area contributed by atoms with Crippen LogP contribution in [0.1, 0.15) is 45.4 Å². The van der Waals surface area contributed by atoms with E-state index in [0.717, 1.165) is 45.2 Å². The Hall–Kier alpha value is -1.01. The average molecular weight is 333 g/mol. The van der Waals surface area contributed by atoms with Crippen LogP contribution in [0, 0.1) is 5.92 Å². The lowest BCUT2D eigenvalue weighted by molar-refractivity contribution is -0.127. The number of hydrogen-bond donors (Lipinski definition) is 4. The van der Waals surface area contributed by atoms with Crippen LogP contribution in [-0.2, 0) is 4.79 Å². The Balaban J connectivity index is 0.00000242. The lowest BCUT2D eigenvalue weighted by Gasteiger charge is -2.29. The Kier molecular flexibility index (Phi) is 7.96. The minimum atomic E-state index is -0.701. The molecule has 1 unspecified atom stereocenters. The van der Waals surface area contributed by atoms with E-state index in [9.17, 15) is 9.59 Å². The molecule has 4 N–H and O–H groups in total. The maximum absolute atomic E-state index is 12.5. The first kappa shape index (κ1) is 19.0. The zero-order chi connectivity index (χ0) is 15.1. The Bertz CT molecular complexity index is 367. The molecule has 1 saturated carbocycles. The quantitative estimate of drug-likeness (QED) is 0.589. The third-order valence-corrected chi connectivity index (χ3v) is 4.58. The topological polar surface area (TPSA) is 82.3 Å². The van der Waals surface area contributed by atoms with Gasteiger partial charge in [-0.25, -0.2) is 4.79 Å². The average Bonchev–Trinajstić information content (AvgIpc) is 3.11. The summed E-state index contributed by atoms with van der Waals surface area (Å²) in [6.45, 7) is 5.28. The molecule has 1 atom stereocenters. The van der Waals surface area contributed by atoms with Gasteiger partial charge < -0.3 is 21.3 Å². The van der Waals surface area contributed by atoms with Crippen LogP contribution >= 0.6 is 12.4 Å². The van der Waals surface area contributed by atoms with E-state index in [-0.39, 0.29) is 24.3 Å². The molecule has 0 spiro atoms. The molecular weight excluding hydrogens is 304 g/mol. The van der Waals surface area contributed by atoms with Gasteiger partial charge in [0, 0.05) is 13.1 Å². The fraction of sp³-hybridized carbons (Fsp3) is 0.867. The van der Waals surface area contributed by atoms with Crippen molar-refractivity contribution in [2.75, 3.05) is 26.2 Å². The van der Waals surface area contributed by atoms with Gasteiger partial charge in [0.1, 0.15) is 5.54 Å². The third-order valence-electron chi connectivity index (χ3n) is 4.58. The zero-order valence-electron chi connectivity index (χ0n) is 13.4. The van der Waals surface area contributed by atoms with Gasteiger partial charge in [-0.15, -0.1) is 12.4 Å². The molecule has 7 heteroatoms. The highest BCUT2D eigenvalue weighted by molar-refractivity contribution is 5.91. The van der Waals surface area contributed by atoms with E-state index in [2.05, 4.69) is 21.3 Å². The summed E-state index contributed by atoms with van der Waals surface area (Å²) in [5, 5.41) is 12.0. The number of carbonyl (C=O) groups excluding carboxylic acids is 2. The molecule has 1 heterocycles. The number of halogens is 1. The second kappa shape index (κ2) is 9.20. The highest BCUT2D eigenvalue weighted by Gasteiger charge is 2.42. The monoisotopic (exact) mass is 332 g/mol. The van der Waals surface area contributed by atoms with Gasteiger partial charge in [0.25, 0.3) is 0 Å². The predicted molar refractivity (Wildman–Crippen MR) is 89.3 cm³/mol. The summed E-state index contributed by atoms with van der Waals surface area (Å²) in [4.78, 5) is 24.3. The Morgan fingerprint density at radius 2 is 1.95 bits per heavy atom. The summed E-state index contributed by atoms with van der Waals surface area (Å²) in [6, 6.07) is -0.241. The van der Waals surface area contributed by atoms with Crippen molar-refractivity contribution in [2.24, 2.45) is 5.92 Å². The zero-order valence-corrected chi connectivity index (χ0v) is 14.2. The fourth-order valence-electron chi connectivity index (χ4n) is 3.33. The van der Waals surface area contributed by atoms with Crippen molar-refractivity contribution in [2.45, 2.75) is 51.0 Å². The van der Waals surface area contributed by atoms with Crippen LogP contribution in [0.2, 0.25) is 0 Å². The summed E-state index contributed by atoms with van der Waals surface area (Å²) < 4.78 is 0. The van der Waals surface area contributed by atoms with Crippen molar-refractivity contribution >= 4 is 24.3 Å². The Labute approximate surface area is 139 Å². The molecule has 1 aliphatic heterocycles. The molecule has 0 aromatic rings. The van der Waals surface area contributed by atoms with Crippen LogP contribution in [0.5, 0.6) is 0 Å². The summed E-state index contributed by atoms with van der Waals surface area (Å²) in [7, 11) is 0. The summed E-state index contributed by atoms with van der Waals surface area (Å²) >= 11 is 0. The molecule has 0 aromatic heterocycles. The fourth-order valence-corrected chi connectivity index (χ4v) is 3.33. The minimum absolute atomic E-state index is 0. The molecular formula is C15H29ClN4O2. The van der Waals surface area contributed by atoms with Gasteiger partial charge in [0.15, 0.2) is 0 Å². The summed E-state index contributed by atoms with van der Waals surface area (Å²) in [5.74, 6) is 0.651. The summed E-state index contributed by atoms with van der Waals surface area (Å²) in [6.07, 6.45) is 5.66. The molecule has 2 rings (SSSR count). The molecule has 6 nitrogen and oxygen atoms in total. The van der Waals surface area contributed by atoms with Crippen molar-refractivity contribution in [3.05, 3.63) is 0 Å². The van der Waals surface area contributed by atoms with E-state index < -0.39 is 5.54 Å². The molecule has 128 valence electrons. The van der Waals surface area contributed by atoms with Crippen molar-refractivity contribution in [3.8, 4) is 0 Å². The maximum Gasteiger partial charge on any atom is 0.315 e. The number of amides is 3. The van der Waals surface area contributed by atoms with Gasteiger partial charge in [-0.05, 0) is 51.6 Å². The van der Waals surface area contributed by atoms with Gasteiger partial charge in [0.05, 0.1) is 0 Å². The van der Waals surface area contributed by atoms with Gasteiger partial charge in [-0.2, -0.15) is 0 Å². The number of nitrogens with one attached hydrogen (secondary N) is 4. The van der Waals surface area contributed by atoms with Gasteiger partial charge in [0.2, 0.25) is 5.91 Å². The number of hydrogen-bond acceptors (Lipinski definition) is 3. The largest absolute Gasteiger partial charge is 0.354 e. The van der Waals surface area contributed by atoms with E-state index in [1.165, 1.54) is 6.42 Å². The standard InChI is InChI=1S/C15H28N4O2.ClH/c1-2-17-14(21)19-15(7-3-4-8-15)13(20)18-10-6-12-5-9-16-11-12;/h12,16H,2-11H2,1H3,(H,18,20)(H2,17,19,21);1H. The van der Waals surface area contributed by atoms with Gasteiger partial charge in [-0.1, -0.05) is 12.8 Å². The first-order valence-electron chi connectivity index (χ1n) is 8.21. The van der Waals surface area contributed by atoms with Crippen LogP contribution in [0.25, 0.3) is 0 Å². The van der Waals surface area contributed by atoms with Crippen LogP contribution in [0.3, 0.4) is 0 Å². The van der Waals surface area contributed by atoms with Crippen LogP contribution in [0.15, 0.2) is 0 Å².